The molecule has 1 fully saturated rings. The molecule has 8 heteroatoms. The number of aromatic amines is 1. The Labute approximate surface area is 189 Å². The molecule has 1 atom stereocenters. The molecule has 1 aromatic heterocycles. The number of rotatable bonds is 7. The van der Waals surface area contributed by atoms with Crippen LogP contribution in [0.5, 0.6) is 0 Å². The van der Waals surface area contributed by atoms with E-state index in [1.807, 2.05) is 13.8 Å². The van der Waals surface area contributed by atoms with Gasteiger partial charge in [0.05, 0.1) is 11.2 Å². The zero-order valence-corrected chi connectivity index (χ0v) is 18.4. The summed E-state index contributed by atoms with van der Waals surface area (Å²) in [4.78, 5) is 27.4. The van der Waals surface area contributed by atoms with Gasteiger partial charge in [-0.25, -0.2) is 13.2 Å². The Morgan fingerprint density at radius 2 is 1.76 bits per heavy atom. The summed E-state index contributed by atoms with van der Waals surface area (Å²) in [5.41, 5.74) is 7.52. The van der Waals surface area contributed by atoms with E-state index in [9.17, 15) is 22.8 Å². The SMILES string of the molecule is CC(C)CC(NC(=O)[C@H]1C[C@@H](c2c(-c3ccc(F)cc3)[nH]c3c(F)cc(F)cc32)C1)C(N)=O. The largest absolute Gasteiger partial charge is 0.368 e. The average molecular weight is 457 g/mol. The van der Waals surface area contributed by atoms with E-state index in [0.29, 0.717) is 41.5 Å². The summed E-state index contributed by atoms with van der Waals surface area (Å²) in [6.07, 6.45) is 1.36. The molecule has 0 bridgehead atoms. The predicted molar refractivity (Wildman–Crippen MR) is 120 cm³/mol. The highest BCUT2D eigenvalue weighted by atomic mass is 19.1. The van der Waals surface area contributed by atoms with Crippen molar-refractivity contribution >= 4 is 22.7 Å². The van der Waals surface area contributed by atoms with Crippen molar-refractivity contribution < 1.29 is 22.8 Å². The molecule has 5 nitrogen and oxygen atoms in total. The number of aromatic nitrogens is 1. The first kappa shape index (κ1) is 22.9. The van der Waals surface area contributed by atoms with Crippen molar-refractivity contribution in [2.75, 3.05) is 0 Å². The Bertz CT molecular complexity index is 1200. The Hall–Kier alpha value is -3.29. The van der Waals surface area contributed by atoms with Crippen LogP contribution in [0.2, 0.25) is 0 Å². The lowest BCUT2D eigenvalue weighted by Crippen LogP contribution is -2.49. The number of hydrogen-bond donors (Lipinski definition) is 3. The van der Waals surface area contributed by atoms with E-state index in [1.165, 1.54) is 18.2 Å². The maximum absolute atomic E-state index is 14.5. The number of primary amides is 1. The van der Waals surface area contributed by atoms with Crippen molar-refractivity contribution in [2.45, 2.75) is 45.1 Å². The van der Waals surface area contributed by atoms with Gasteiger partial charge in [-0.2, -0.15) is 0 Å². The fourth-order valence-corrected chi connectivity index (χ4v) is 4.58. The standard InChI is InChI=1S/C25H26F3N3O2/c1-12(2)7-20(24(29)32)30-25(33)15-8-14(9-15)21-18-10-17(27)11-19(28)23(18)31-22(21)13-3-5-16(26)6-4-13/h3-6,10-12,14-15,20,31H,7-9H2,1-2H3,(H2,29,32)(H,30,33)/t14-,15+,20?. The molecule has 2 amide bonds. The van der Waals surface area contributed by atoms with Crippen LogP contribution in [0.3, 0.4) is 0 Å². The second-order valence-corrected chi connectivity index (χ2v) is 9.19. The molecular weight excluding hydrogens is 431 g/mol. The highest BCUT2D eigenvalue weighted by Crippen LogP contribution is 2.48. The number of nitrogens with two attached hydrogens (primary N) is 1. The van der Waals surface area contributed by atoms with Crippen LogP contribution >= 0.6 is 0 Å². The molecule has 1 unspecified atom stereocenters. The first-order valence-electron chi connectivity index (χ1n) is 11.0. The number of hydrogen-bond acceptors (Lipinski definition) is 2. The second-order valence-electron chi connectivity index (χ2n) is 9.19. The van der Waals surface area contributed by atoms with Gasteiger partial charge in [-0.15, -0.1) is 0 Å². The molecule has 33 heavy (non-hydrogen) atoms. The zero-order valence-electron chi connectivity index (χ0n) is 18.4. The highest BCUT2D eigenvalue weighted by Gasteiger charge is 2.39. The fraction of sp³-hybridized carbons (Fsp3) is 0.360. The zero-order chi connectivity index (χ0) is 23.9. The van der Waals surface area contributed by atoms with Crippen molar-refractivity contribution in [1.29, 1.82) is 0 Å². The van der Waals surface area contributed by atoms with Crippen LogP contribution in [0.25, 0.3) is 22.2 Å². The number of halogens is 3. The van der Waals surface area contributed by atoms with Gasteiger partial charge in [0.15, 0.2) is 0 Å². The van der Waals surface area contributed by atoms with Crippen molar-refractivity contribution in [1.82, 2.24) is 10.3 Å². The third-order valence-corrected chi connectivity index (χ3v) is 6.28. The number of H-pyrrole nitrogens is 1. The minimum Gasteiger partial charge on any atom is -0.368 e. The Kier molecular flexibility index (Phi) is 6.19. The van der Waals surface area contributed by atoms with Gasteiger partial charge in [-0.3, -0.25) is 9.59 Å². The molecule has 0 aliphatic heterocycles. The third-order valence-electron chi connectivity index (χ3n) is 6.28. The van der Waals surface area contributed by atoms with Crippen molar-refractivity contribution in [3.05, 3.63) is 59.4 Å². The van der Waals surface area contributed by atoms with Gasteiger partial charge in [0.2, 0.25) is 11.8 Å². The fourth-order valence-electron chi connectivity index (χ4n) is 4.58. The molecule has 0 saturated heterocycles. The number of carbonyl (C=O) groups is 2. The van der Waals surface area contributed by atoms with Gasteiger partial charge in [0, 0.05) is 17.4 Å². The van der Waals surface area contributed by atoms with Gasteiger partial charge in [-0.1, -0.05) is 13.8 Å². The predicted octanol–water partition coefficient (Wildman–Crippen LogP) is 4.76. The third kappa shape index (κ3) is 4.60. The lowest BCUT2D eigenvalue weighted by atomic mass is 9.69. The maximum Gasteiger partial charge on any atom is 0.240 e. The molecule has 4 rings (SSSR count). The van der Waals surface area contributed by atoms with Crippen LogP contribution in [0.4, 0.5) is 13.2 Å². The molecule has 174 valence electrons. The molecule has 1 aliphatic carbocycles. The van der Waals surface area contributed by atoms with E-state index >= 15 is 0 Å². The lowest BCUT2D eigenvalue weighted by molar-refractivity contribution is -0.132. The second kappa shape index (κ2) is 8.92. The molecule has 1 heterocycles. The molecule has 1 saturated carbocycles. The highest BCUT2D eigenvalue weighted by molar-refractivity contribution is 5.93. The summed E-state index contributed by atoms with van der Waals surface area (Å²) in [7, 11) is 0. The summed E-state index contributed by atoms with van der Waals surface area (Å²) < 4.78 is 42.0. The minimum absolute atomic E-state index is 0.132. The molecule has 3 aromatic rings. The van der Waals surface area contributed by atoms with Gasteiger partial charge < -0.3 is 16.0 Å². The topological polar surface area (TPSA) is 88.0 Å². The van der Waals surface area contributed by atoms with Crippen LogP contribution in [-0.4, -0.2) is 22.8 Å². The van der Waals surface area contributed by atoms with Crippen LogP contribution in [0, 0.1) is 29.3 Å². The van der Waals surface area contributed by atoms with Crippen molar-refractivity contribution in [3.8, 4) is 11.3 Å². The van der Waals surface area contributed by atoms with E-state index < -0.39 is 29.4 Å². The Morgan fingerprint density at radius 1 is 1.09 bits per heavy atom. The summed E-state index contributed by atoms with van der Waals surface area (Å²) in [6.45, 7) is 3.88. The molecular formula is C25H26F3N3O2. The first-order chi connectivity index (χ1) is 15.6. The van der Waals surface area contributed by atoms with E-state index in [2.05, 4.69) is 10.3 Å². The minimum atomic E-state index is -0.734. The molecule has 2 aromatic carbocycles. The quantitative estimate of drug-likeness (QED) is 0.478. The first-order valence-corrected chi connectivity index (χ1v) is 11.0. The van der Waals surface area contributed by atoms with E-state index in [1.54, 1.807) is 12.1 Å². The smallest absolute Gasteiger partial charge is 0.240 e. The molecule has 0 radical (unpaired) electrons. The monoisotopic (exact) mass is 457 g/mol. The number of carbonyl (C=O) groups excluding carboxylic acids is 2. The Balaban J connectivity index is 1.61. The normalized spacial score (nSPS) is 18.8. The summed E-state index contributed by atoms with van der Waals surface area (Å²) >= 11 is 0. The van der Waals surface area contributed by atoms with E-state index in [-0.39, 0.29) is 29.2 Å². The number of benzene rings is 2. The van der Waals surface area contributed by atoms with Crippen LogP contribution in [-0.2, 0) is 9.59 Å². The van der Waals surface area contributed by atoms with E-state index in [4.69, 9.17) is 5.73 Å². The van der Waals surface area contributed by atoms with Crippen LogP contribution < -0.4 is 11.1 Å². The van der Waals surface area contributed by atoms with Gasteiger partial charge >= 0.3 is 0 Å². The van der Waals surface area contributed by atoms with Crippen LogP contribution in [0.15, 0.2) is 36.4 Å². The molecule has 4 N–H and O–H groups in total. The van der Waals surface area contributed by atoms with Crippen molar-refractivity contribution in [3.63, 3.8) is 0 Å². The number of amides is 2. The average Bonchev–Trinajstić information content (AvgIpc) is 3.06. The summed E-state index contributed by atoms with van der Waals surface area (Å²) in [5, 5.41) is 3.15. The van der Waals surface area contributed by atoms with Crippen molar-refractivity contribution in [2.24, 2.45) is 17.6 Å². The number of nitrogens with one attached hydrogen (secondary N) is 2. The summed E-state index contributed by atoms with van der Waals surface area (Å²) in [6, 6.07) is 7.11. The lowest BCUT2D eigenvalue weighted by Gasteiger charge is -2.36. The molecule has 0 spiro atoms. The van der Waals surface area contributed by atoms with Gasteiger partial charge in [-0.05, 0) is 72.6 Å². The Morgan fingerprint density at radius 3 is 2.36 bits per heavy atom. The van der Waals surface area contributed by atoms with E-state index in [0.717, 1.165) is 6.07 Å². The molecule has 1 aliphatic rings. The maximum atomic E-state index is 14.5. The van der Waals surface area contributed by atoms with Crippen LogP contribution in [0.1, 0.15) is 44.6 Å². The van der Waals surface area contributed by atoms with Gasteiger partial charge in [0.25, 0.3) is 0 Å². The summed E-state index contributed by atoms with van der Waals surface area (Å²) in [5.74, 6) is -2.93. The van der Waals surface area contributed by atoms with Gasteiger partial charge in [0.1, 0.15) is 23.5 Å². The number of fused-ring (bicyclic) bond motifs is 1.